The Balaban J connectivity index is 1.41. The molecule has 1 saturated carbocycles. The molecule has 0 aromatic heterocycles. The zero-order valence-electron chi connectivity index (χ0n) is 13.7. The van der Waals surface area contributed by atoms with Crippen molar-refractivity contribution in [3.8, 4) is 0 Å². The molecule has 2 atom stereocenters. The van der Waals surface area contributed by atoms with Gasteiger partial charge in [0.15, 0.2) is 0 Å². The number of hydrogen-bond acceptors (Lipinski definition) is 2. The van der Waals surface area contributed by atoms with Crippen LogP contribution in [0.25, 0.3) is 6.08 Å². The van der Waals surface area contributed by atoms with E-state index in [1.54, 1.807) is 6.08 Å². The molecule has 3 heteroatoms. The van der Waals surface area contributed by atoms with E-state index >= 15 is 0 Å². The van der Waals surface area contributed by atoms with E-state index in [1.807, 2.05) is 6.08 Å². The van der Waals surface area contributed by atoms with Crippen LogP contribution in [0.2, 0.25) is 0 Å². The summed E-state index contributed by atoms with van der Waals surface area (Å²) >= 11 is 0. The first-order valence-electron chi connectivity index (χ1n) is 9.08. The van der Waals surface area contributed by atoms with Gasteiger partial charge in [-0.15, -0.1) is 0 Å². The molecule has 2 aliphatic heterocycles. The van der Waals surface area contributed by atoms with Gasteiger partial charge in [0.2, 0.25) is 5.91 Å². The van der Waals surface area contributed by atoms with Gasteiger partial charge in [-0.1, -0.05) is 24.3 Å². The van der Waals surface area contributed by atoms with Crippen molar-refractivity contribution in [3.63, 3.8) is 0 Å². The lowest BCUT2D eigenvalue weighted by atomic mass is 9.92. The third-order valence-electron chi connectivity index (χ3n) is 5.75. The number of amides is 1. The minimum absolute atomic E-state index is 0.184. The number of carbonyl (C=O) groups is 1. The van der Waals surface area contributed by atoms with Crippen LogP contribution in [-0.2, 0) is 4.79 Å². The van der Waals surface area contributed by atoms with Gasteiger partial charge in [0.1, 0.15) is 0 Å². The second kappa shape index (κ2) is 6.48. The Morgan fingerprint density at radius 2 is 1.74 bits per heavy atom. The van der Waals surface area contributed by atoms with Crippen molar-refractivity contribution in [2.75, 3.05) is 26.2 Å². The van der Waals surface area contributed by atoms with E-state index in [4.69, 9.17) is 0 Å². The van der Waals surface area contributed by atoms with Crippen LogP contribution >= 0.6 is 0 Å². The maximum absolute atomic E-state index is 12.6. The van der Waals surface area contributed by atoms with E-state index in [9.17, 15) is 4.79 Å². The summed E-state index contributed by atoms with van der Waals surface area (Å²) in [5.41, 5.74) is 2.63. The Morgan fingerprint density at radius 1 is 1.04 bits per heavy atom. The fraction of sp³-hybridized carbons (Fsp3) is 0.550. The number of nitrogens with one attached hydrogen (secondary N) is 1. The molecule has 1 aromatic rings. The first kappa shape index (κ1) is 14.9. The fourth-order valence-corrected chi connectivity index (χ4v) is 4.13. The molecule has 3 fully saturated rings. The normalized spacial score (nSPS) is 27.9. The minimum atomic E-state index is 0.184. The van der Waals surface area contributed by atoms with Gasteiger partial charge in [-0.2, -0.15) is 0 Å². The van der Waals surface area contributed by atoms with Gasteiger partial charge in [-0.05, 0) is 73.7 Å². The summed E-state index contributed by atoms with van der Waals surface area (Å²) in [5, 5.41) is 3.49. The number of carbonyl (C=O) groups excluding carboxylic acids is 1. The monoisotopic (exact) mass is 310 g/mol. The van der Waals surface area contributed by atoms with Gasteiger partial charge in [-0.25, -0.2) is 0 Å². The van der Waals surface area contributed by atoms with E-state index < -0.39 is 0 Å². The molecule has 0 bridgehead atoms. The van der Waals surface area contributed by atoms with Gasteiger partial charge in [0, 0.05) is 19.2 Å². The van der Waals surface area contributed by atoms with Gasteiger partial charge in [0.25, 0.3) is 0 Å². The van der Waals surface area contributed by atoms with Crippen LogP contribution in [-0.4, -0.2) is 37.0 Å². The van der Waals surface area contributed by atoms with Crippen LogP contribution in [0.3, 0.4) is 0 Å². The molecule has 1 aromatic carbocycles. The first-order valence-corrected chi connectivity index (χ1v) is 9.08. The largest absolute Gasteiger partial charge is 0.339 e. The molecule has 0 unspecified atom stereocenters. The molecule has 1 amide bonds. The van der Waals surface area contributed by atoms with E-state index in [2.05, 4.69) is 34.5 Å². The molecular weight excluding hydrogens is 284 g/mol. The Morgan fingerprint density at radius 3 is 2.43 bits per heavy atom. The first-order chi connectivity index (χ1) is 11.3. The topological polar surface area (TPSA) is 32.3 Å². The van der Waals surface area contributed by atoms with Gasteiger partial charge in [-0.3, -0.25) is 4.79 Å². The van der Waals surface area contributed by atoms with Gasteiger partial charge >= 0.3 is 0 Å². The smallest absolute Gasteiger partial charge is 0.246 e. The van der Waals surface area contributed by atoms with Gasteiger partial charge < -0.3 is 10.2 Å². The molecule has 1 aliphatic carbocycles. The highest BCUT2D eigenvalue weighted by Gasteiger charge is 2.31. The molecule has 3 aliphatic rings. The van der Waals surface area contributed by atoms with Crippen molar-refractivity contribution in [1.82, 2.24) is 10.2 Å². The molecule has 1 N–H and O–H groups in total. The lowest BCUT2D eigenvalue weighted by Gasteiger charge is -2.19. The van der Waals surface area contributed by atoms with Crippen LogP contribution in [0.1, 0.15) is 42.7 Å². The second-order valence-corrected chi connectivity index (χ2v) is 7.32. The minimum Gasteiger partial charge on any atom is -0.339 e. The van der Waals surface area contributed by atoms with E-state index in [-0.39, 0.29) is 5.91 Å². The average Bonchev–Trinajstić information content (AvgIpc) is 3.36. The Hall–Kier alpha value is -1.61. The highest BCUT2D eigenvalue weighted by Crippen LogP contribution is 2.41. The SMILES string of the molecule is O=C(/C=C/c1ccccc1C1CC1)N1CC[C@@H]2CNC[C@H]2CC1. The highest BCUT2D eigenvalue weighted by atomic mass is 16.2. The zero-order chi connectivity index (χ0) is 15.6. The molecule has 2 heterocycles. The predicted octanol–water partition coefficient (Wildman–Crippen LogP) is 3.04. The fourth-order valence-electron chi connectivity index (χ4n) is 4.13. The molecule has 122 valence electrons. The van der Waals surface area contributed by atoms with Crippen LogP contribution in [0.5, 0.6) is 0 Å². The lowest BCUT2D eigenvalue weighted by Crippen LogP contribution is -2.31. The van der Waals surface area contributed by atoms with Crippen molar-refractivity contribution >= 4 is 12.0 Å². The summed E-state index contributed by atoms with van der Waals surface area (Å²) in [4.78, 5) is 14.6. The number of hydrogen-bond donors (Lipinski definition) is 1. The van der Waals surface area contributed by atoms with Crippen LogP contribution in [0, 0.1) is 11.8 Å². The number of likely N-dealkylation sites (tertiary alicyclic amines) is 1. The summed E-state index contributed by atoms with van der Waals surface area (Å²) in [6, 6.07) is 8.52. The average molecular weight is 310 g/mol. The summed E-state index contributed by atoms with van der Waals surface area (Å²) in [7, 11) is 0. The second-order valence-electron chi connectivity index (χ2n) is 7.32. The Bertz CT molecular complexity index is 591. The van der Waals surface area contributed by atoms with E-state index in [1.165, 1.54) is 24.0 Å². The molecule has 2 saturated heterocycles. The predicted molar refractivity (Wildman–Crippen MR) is 93.1 cm³/mol. The number of fused-ring (bicyclic) bond motifs is 1. The third kappa shape index (κ3) is 3.35. The lowest BCUT2D eigenvalue weighted by molar-refractivity contribution is -0.125. The van der Waals surface area contributed by atoms with Crippen molar-refractivity contribution in [2.45, 2.75) is 31.6 Å². The number of nitrogens with zero attached hydrogens (tertiary/aromatic N) is 1. The summed E-state index contributed by atoms with van der Waals surface area (Å²) in [6.07, 6.45) is 8.71. The Labute approximate surface area is 138 Å². The number of benzene rings is 1. The van der Waals surface area contributed by atoms with E-state index in [0.29, 0.717) is 0 Å². The van der Waals surface area contributed by atoms with Crippen LogP contribution in [0.15, 0.2) is 30.3 Å². The number of rotatable bonds is 3. The zero-order valence-corrected chi connectivity index (χ0v) is 13.7. The standard InChI is InChI=1S/C20H26N2O/c23-20(22-11-9-17-13-21-14-18(17)10-12-22)8-7-15-3-1-2-4-19(15)16-5-6-16/h1-4,7-8,16-18,21H,5-6,9-14H2/b8-7+/t17-,18-/m1/s1. The maximum Gasteiger partial charge on any atom is 0.246 e. The van der Waals surface area contributed by atoms with E-state index in [0.717, 1.165) is 56.8 Å². The summed E-state index contributed by atoms with van der Waals surface area (Å²) in [5.74, 6) is 2.44. The Kier molecular flexibility index (Phi) is 4.21. The molecule has 23 heavy (non-hydrogen) atoms. The molecular formula is C20H26N2O. The van der Waals surface area contributed by atoms with Crippen molar-refractivity contribution in [2.24, 2.45) is 11.8 Å². The highest BCUT2D eigenvalue weighted by molar-refractivity contribution is 5.92. The third-order valence-corrected chi connectivity index (χ3v) is 5.75. The van der Waals surface area contributed by atoms with Crippen molar-refractivity contribution in [3.05, 3.63) is 41.5 Å². The molecule has 0 spiro atoms. The molecule has 0 radical (unpaired) electrons. The summed E-state index contributed by atoms with van der Waals surface area (Å²) < 4.78 is 0. The quantitative estimate of drug-likeness (QED) is 0.870. The molecule has 4 rings (SSSR count). The van der Waals surface area contributed by atoms with Gasteiger partial charge in [0.05, 0.1) is 0 Å². The molecule has 3 nitrogen and oxygen atoms in total. The van der Waals surface area contributed by atoms with Crippen molar-refractivity contribution in [1.29, 1.82) is 0 Å². The van der Waals surface area contributed by atoms with Crippen LogP contribution in [0.4, 0.5) is 0 Å². The van der Waals surface area contributed by atoms with Crippen molar-refractivity contribution < 1.29 is 4.79 Å². The van der Waals surface area contributed by atoms with Crippen LogP contribution < -0.4 is 5.32 Å². The summed E-state index contributed by atoms with van der Waals surface area (Å²) in [6.45, 7) is 4.10. The maximum atomic E-state index is 12.6.